The molecule has 4 aromatic carbocycles. The molecule has 39 heavy (non-hydrogen) atoms. The van der Waals surface area contributed by atoms with E-state index in [2.05, 4.69) is 36.5 Å². The standard InChI is InChI=1S/C31H33ClN2O3S.Ru/c1-24-13-17-26(18-14-24)23-37-22-21-33-30(27-9-5-3-6-10-27)31(28-11-7-4-8-12-28)34(32)38(35,36)29-19-15-25(2)16-20-29;/h3-20,30-31,33H,21-23H2,1-2H3;/q;+2/t30-,31-;/m0./s1. The van der Waals surface area contributed by atoms with Gasteiger partial charge in [-0.05, 0) is 54.4 Å². The Morgan fingerprint density at radius 2 is 1.28 bits per heavy atom. The molecular weight excluding hydrogens is 617 g/mol. The molecule has 0 radical (unpaired) electrons. The van der Waals surface area contributed by atoms with Gasteiger partial charge in [0.2, 0.25) is 0 Å². The molecule has 0 amide bonds. The van der Waals surface area contributed by atoms with Gasteiger partial charge in [0.15, 0.2) is 0 Å². The molecule has 0 aliphatic rings. The quantitative estimate of drug-likeness (QED) is 0.105. The minimum absolute atomic E-state index is 0. The summed E-state index contributed by atoms with van der Waals surface area (Å²) in [5, 5.41) is 3.53. The van der Waals surface area contributed by atoms with Crippen molar-refractivity contribution in [1.29, 1.82) is 0 Å². The first-order valence-corrected chi connectivity index (χ1v) is 14.4. The summed E-state index contributed by atoms with van der Waals surface area (Å²) in [6.45, 7) is 5.43. The van der Waals surface area contributed by atoms with E-state index < -0.39 is 22.1 Å². The van der Waals surface area contributed by atoms with Crippen LogP contribution in [0.2, 0.25) is 0 Å². The molecule has 204 valence electrons. The molecule has 0 spiro atoms. The first kappa shape index (κ1) is 31.2. The molecule has 0 unspecified atom stereocenters. The van der Waals surface area contributed by atoms with Crippen molar-refractivity contribution in [2.24, 2.45) is 0 Å². The van der Waals surface area contributed by atoms with Gasteiger partial charge >= 0.3 is 19.5 Å². The van der Waals surface area contributed by atoms with Crippen LogP contribution < -0.4 is 5.32 Å². The summed E-state index contributed by atoms with van der Waals surface area (Å²) >= 11 is 6.80. The maximum Gasteiger partial charge on any atom is 2.00 e. The second kappa shape index (κ2) is 14.9. The average Bonchev–Trinajstić information content (AvgIpc) is 2.94. The van der Waals surface area contributed by atoms with E-state index in [0.717, 1.165) is 26.1 Å². The largest absolute Gasteiger partial charge is 2.00 e. The van der Waals surface area contributed by atoms with Crippen LogP contribution in [0.5, 0.6) is 0 Å². The maximum atomic E-state index is 13.7. The van der Waals surface area contributed by atoms with E-state index in [1.165, 1.54) is 5.56 Å². The molecule has 0 heterocycles. The second-order valence-corrected chi connectivity index (χ2v) is 11.7. The molecule has 1 N–H and O–H groups in total. The molecule has 0 aromatic heterocycles. The van der Waals surface area contributed by atoms with Gasteiger partial charge in [0, 0.05) is 6.54 Å². The smallest absolute Gasteiger partial charge is 0.375 e. The van der Waals surface area contributed by atoms with Crippen LogP contribution >= 0.6 is 11.8 Å². The van der Waals surface area contributed by atoms with Gasteiger partial charge in [-0.1, -0.05) is 108 Å². The summed E-state index contributed by atoms with van der Waals surface area (Å²) < 4.78 is 34.3. The first-order valence-electron chi connectivity index (χ1n) is 12.6. The van der Waals surface area contributed by atoms with Crippen LogP contribution in [0.1, 0.15) is 39.9 Å². The summed E-state index contributed by atoms with van der Waals surface area (Å²) in [5.74, 6) is 0. The Kier molecular flexibility index (Phi) is 11.9. The Labute approximate surface area is 250 Å². The van der Waals surface area contributed by atoms with Crippen molar-refractivity contribution in [1.82, 2.24) is 9.14 Å². The van der Waals surface area contributed by atoms with E-state index in [9.17, 15) is 8.42 Å². The minimum atomic E-state index is -4.00. The van der Waals surface area contributed by atoms with Gasteiger partial charge in [-0.2, -0.15) is 0 Å². The number of hydrogen-bond acceptors (Lipinski definition) is 4. The number of ether oxygens (including phenoxy) is 1. The summed E-state index contributed by atoms with van der Waals surface area (Å²) in [6, 6.07) is 33.1. The first-order chi connectivity index (χ1) is 18.4. The molecule has 4 aromatic rings. The number of nitrogens with zero attached hydrogens (tertiary/aromatic N) is 1. The van der Waals surface area contributed by atoms with E-state index >= 15 is 0 Å². The fourth-order valence-electron chi connectivity index (χ4n) is 4.27. The van der Waals surface area contributed by atoms with E-state index in [4.69, 9.17) is 16.5 Å². The number of benzene rings is 4. The molecular formula is C31H33ClN2O3RuS+2. The van der Waals surface area contributed by atoms with E-state index in [1.54, 1.807) is 24.3 Å². The Balaban J connectivity index is 0.00000420. The number of halogens is 1. The predicted octanol–water partition coefficient (Wildman–Crippen LogP) is 6.73. The van der Waals surface area contributed by atoms with Crippen molar-refractivity contribution >= 4 is 21.8 Å². The van der Waals surface area contributed by atoms with E-state index in [0.29, 0.717) is 19.8 Å². The summed E-state index contributed by atoms with van der Waals surface area (Å²) in [4.78, 5) is 0.146. The van der Waals surface area contributed by atoms with Crippen molar-refractivity contribution in [3.63, 3.8) is 0 Å². The Bertz CT molecular complexity index is 1390. The molecule has 2 atom stereocenters. The maximum absolute atomic E-state index is 13.7. The predicted molar refractivity (Wildman–Crippen MR) is 153 cm³/mol. The zero-order chi connectivity index (χ0) is 27.0. The van der Waals surface area contributed by atoms with Crippen molar-refractivity contribution in [3.8, 4) is 0 Å². The number of nitrogens with one attached hydrogen (secondary N) is 1. The van der Waals surface area contributed by atoms with Gasteiger partial charge in [0.25, 0.3) is 10.0 Å². The van der Waals surface area contributed by atoms with Crippen LogP contribution in [0.25, 0.3) is 0 Å². The van der Waals surface area contributed by atoms with Gasteiger partial charge in [-0.25, -0.2) is 8.42 Å². The summed E-state index contributed by atoms with van der Waals surface area (Å²) in [7, 11) is -4.00. The Hall–Kier alpha value is -2.38. The van der Waals surface area contributed by atoms with Gasteiger partial charge in [0.05, 0.1) is 30.2 Å². The third-order valence-corrected chi connectivity index (χ3v) is 8.69. The number of sulfonamides is 1. The van der Waals surface area contributed by atoms with Crippen LogP contribution in [0.3, 0.4) is 0 Å². The fraction of sp³-hybridized carbons (Fsp3) is 0.226. The molecule has 0 aliphatic carbocycles. The zero-order valence-electron chi connectivity index (χ0n) is 22.0. The Morgan fingerprint density at radius 1 is 0.769 bits per heavy atom. The van der Waals surface area contributed by atoms with Gasteiger partial charge in [-0.3, -0.25) is 0 Å². The van der Waals surface area contributed by atoms with Gasteiger partial charge in [0.1, 0.15) is 0 Å². The van der Waals surface area contributed by atoms with Crippen LogP contribution in [-0.4, -0.2) is 25.4 Å². The van der Waals surface area contributed by atoms with Crippen molar-refractivity contribution < 1.29 is 32.6 Å². The minimum Gasteiger partial charge on any atom is -0.375 e. The van der Waals surface area contributed by atoms with Gasteiger partial charge in [-0.15, -0.1) is 3.82 Å². The van der Waals surface area contributed by atoms with Crippen LogP contribution in [-0.2, 0) is 40.8 Å². The molecule has 0 saturated carbocycles. The molecule has 4 rings (SSSR count). The molecule has 0 saturated heterocycles. The van der Waals surface area contributed by atoms with Crippen molar-refractivity contribution in [2.75, 3.05) is 13.2 Å². The summed E-state index contributed by atoms with van der Waals surface area (Å²) in [6.07, 6.45) is 0. The van der Waals surface area contributed by atoms with Crippen LogP contribution in [0.4, 0.5) is 0 Å². The topological polar surface area (TPSA) is 58.6 Å². The van der Waals surface area contributed by atoms with Crippen LogP contribution in [0, 0.1) is 13.8 Å². The molecule has 0 fully saturated rings. The third-order valence-electron chi connectivity index (χ3n) is 6.38. The Morgan fingerprint density at radius 3 is 1.85 bits per heavy atom. The number of hydrogen-bond donors (Lipinski definition) is 1. The fourth-order valence-corrected chi connectivity index (χ4v) is 5.96. The molecule has 5 nitrogen and oxygen atoms in total. The average molecular weight is 650 g/mol. The zero-order valence-corrected chi connectivity index (χ0v) is 25.3. The SMILES string of the molecule is Cc1ccc(COCCN[C@@H](c2ccccc2)[C@H](c2ccccc2)N(Cl)S(=O)(=O)c2ccc(C)cc2)cc1.[Ru+2]. The van der Waals surface area contributed by atoms with E-state index in [1.807, 2.05) is 67.6 Å². The van der Waals surface area contributed by atoms with Gasteiger partial charge < -0.3 is 10.1 Å². The number of rotatable bonds is 12. The normalized spacial score (nSPS) is 13.0. The molecule has 0 bridgehead atoms. The third kappa shape index (κ3) is 8.31. The van der Waals surface area contributed by atoms with Crippen molar-refractivity contribution in [2.45, 2.75) is 37.4 Å². The second-order valence-electron chi connectivity index (χ2n) is 9.30. The van der Waals surface area contributed by atoms with Crippen molar-refractivity contribution in [3.05, 3.63) is 137 Å². The monoisotopic (exact) mass is 650 g/mol. The molecule has 0 aliphatic heterocycles. The number of aryl methyl sites for hydroxylation is 2. The van der Waals surface area contributed by atoms with Crippen LogP contribution in [0.15, 0.2) is 114 Å². The molecule has 8 heteroatoms. The summed E-state index contributed by atoms with van der Waals surface area (Å²) in [5.41, 5.74) is 4.98. The van der Waals surface area contributed by atoms with E-state index in [-0.39, 0.29) is 24.4 Å².